The number of anilines is 1. The average Bonchev–Trinajstić information content (AvgIpc) is 2.88. The topological polar surface area (TPSA) is 50.2 Å². The van der Waals surface area contributed by atoms with Gasteiger partial charge in [-0.25, -0.2) is 4.68 Å². The number of fused-ring (bicyclic) bond motifs is 1. The van der Waals surface area contributed by atoms with Gasteiger partial charge in [-0.3, -0.25) is 4.79 Å². The van der Waals surface area contributed by atoms with Gasteiger partial charge in [-0.15, -0.1) is 0 Å². The lowest BCUT2D eigenvalue weighted by molar-refractivity contribution is 0.0963. The van der Waals surface area contributed by atoms with Crippen LogP contribution in [0.15, 0.2) is 30.3 Å². The SMILES string of the molecule is CNC(=O)c1ccc(CN2CCCn3nc(C)cc32)cc1. The van der Waals surface area contributed by atoms with Crippen LogP contribution >= 0.6 is 0 Å². The molecule has 1 aromatic carbocycles. The number of hydrogen-bond acceptors (Lipinski definition) is 3. The first kappa shape index (κ1) is 13.7. The van der Waals surface area contributed by atoms with E-state index in [4.69, 9.17) is 0 Å². The normalized spacial score (nSPS) is 13.9. The highest BCUT2D eigenvalue weighted by atomic mass is 16.1. The Kier molecular flexibility index (Phi) is 3.64. The average molecular weight is 284 g/mol. The van der Waals surface area contributed by atoms with Crippen LogP contribution in [0.2, 0.25) is 0 Å². The molecule has 0 saturated carbocycles. The maximum atomic E-state index is 11.5. The summed E-state index contributed by atoms with van der Waals surface area (Å²) in [5.41, 5.74) is 2.96. The number of carbonyl (C=O) groups is 1. The number of hydrogen-bond donors (Lipinski definition) is 1. The van der Waals surface area contributed by atoms with Crippen molar-refractivity contribution in [3.05, 3.63) is 47.2 Å². The van der Waals surface area contributed by atoms with Crippen molar-refractivity contribution in [3.63, 3.8) is 0 Å². The third kappa shape index (κ3) is 2.77. The molecule has 21 heavy (non-hydrogen) atoms. The monoisotopic (exact) mass is 284 g/mol. The number of benzene rings is 1. The molecule has 1 aliphatic heterocycles. The molecule has 2 aromatic rings. The second kappa shape index (κ2) is 5.60. The number of aromatic nitrogens is 2. The number of aryl methyl sites for hydroxylation is 2. The van der Waals surface area contributed by atoms with E-state index >= 15 is 0 Å². The van der Waals surface area contributed by atoms with Gasteiger partial charge in [0.25, 0.3) is 5.91 Å². The Morgan fingerprint density at radius 2 is 2.05 bits per heavy atom. The Bertz CT molecular complexity index is 645. The number of amides is 1. The smallest absolute Gasteiger partial charge is 0.251 e. The van der Waals surface area contributed by atoms with E-state index in [1.165, 1.54) is 11.4 Å². The van der Waals surface area contributed by atoms with Gasteiger partial charge in [0.05, 0.1) is 5.69 Å². The second-order valence-electron chi connectivity index (χ2n) is 5.42. The van der Waals surface area contributed by atoms with E-state index in [-0.39, 0.29) is 5.91 Å². The van der Waals surface area contributed by atoms with E-state index in [0.717, 1.165) is 31.7 Å². The number of nitrogens with one attached hydrogen (secondary N) is 1. The van der Waals surface area contributed by atoms with Crippen LogP contribution in [-0.4, -0.2) is 29.3 Å². The highest BCUT2D eigenvalue weighted by Crippen LogP contribution is 2.23. The predicted molar refractivity (Wildman–Crippen MR) is 82.5 cm³/mol. The molecule has 0 unspecified atom stereocenters. The largest absolute Gasteiger partial charge is 0.355 e. The van der Waals surface area contributed by atoms with Crippen LogP contribution in [0.5, 0.6) is 0 Å². The van der Waals surface area contributed by atoms with Crippen LogP contribution in [-0.2, 0) is 13.1 Å². The van der Waals surface area contributed by atoms with Crippen molar-refractivity contribution in [2.75, 3.05) is 18.5 Å². The van der Waals surface area contributed by atoms with Crippen LogP contribution < -0.4 is 10.2 Å². The van der Waals surface area contributed by atoms with Gasteiger partial charge >= 0.3 is 0 Å². The molecule has 1 aliphatic rings. The summed E-state index contributed by atoms with van der Waals surface area (Å²) in [6.45, 7) is 4.92. The van der Waals surface area contributed by atoms with Crippen LogP contribution in [0.3, 0.4) is 0 Å². The molecule has 1 aromatic heterocycles. The van der Waals surface area contributed by atoms with Gasteiger partial charge < -0.3 is 10.2 Å². The van der Waals surface area contributed by atoms with E-state index in [0.29, 0.717) is 5.56 Å². The van der Waals surface area contributed by atoms with Gasteiger partial charge in [0.1, 0.15) is 5.82 Å². The van der Waals surface area contributed by atoms with Gasteiger partial charge in [-0.2, -0.15) is 5.10 Å². The van der Waals surface area contributed by atoms with Crippen molar-refractivity contribution in [1.29, 1.82) is 0 Å². The fourth-order valence-electron chi connectivity index (χ4n) is 2.76. The maximum Gasteiger partial charge on any atom is 0.251 e. The van der Waals surface area contributed by atoms with Crippen LogP contribution in [0.1, 0.15) is 28.0 Å². The lowest BCUT2D eigenvalue weighted by atomic mass is 10.1. The predicted octanol–water partition coefficient (Wildman–Crippen LogP) is 1.96. The summed E-state index contributed by atoms with van der Waals surface area (Å²) in [6.07, 6.45) is 1.12. The Hall–Kier alpha value is -2.30. The minimum atomic E-state index is -0.0479. The third-order valence-corrected chi connectivity index (χ3v) is 3.82. The van der Waals surface area contributed by atoms with Crippen molar-refractivity contribution < 1.29 is 4.79 Å². The molecule has 0 radical (unpaired) electrons. The molecule has 0 aliphatic carbocycles. The van der Waals surface area contributed by atoms with Gasteiger partial charge in [0.2, 0.25) is 0 Å². The zero-order valence-corrected chi connectivity index (χ0v) is 12.5. The first-order valence-electron chi connectivity index (χ1n) is 7.28. The van der Waals surface area contributed by atoms with E-state index < -0.39 is 0 Å². The molecule has 110 valence electrons. The highest BCUT2D eigenvalue weighted by Gasteiger charge is 2.18. The Morgan fingerprint density at radius 3 is 2.76 bits per heavy atom. The third-order valence-electron chi connectivity index (χ3n) is 3.82. The summed E-state index contributed by atoms with van der Waals surface area (Å²) in [7, 11) is 1.65. The van der Waals surface area contributed by atoms with E-state index in [9.17, 15) is 4.79 Å². The Morgan fingerprint density at radius 1 is 1.29 bits per heavy atom. The zero-order chi connectivity index (χ0) is 14.8. The molecule has 0 fully saturated rings. The Labute approximate surface area is 124 Å². The highest BCUT2D eigenvalue weighted by molar-refractivity contribution is 5.93. The van der Waals surface area contributed by atoms with E-state index in [1.54, 1.807) is 7.05 Å². The van der Waals surface area contributed by atoms with Gasteiger partial charge in [0, 0.05) is 38.3 Å². The lowest BCUT2D eigenvalue weighted by Crippen LogP contribution is -2.31. The maximum absolute atomic E-state index is 11.5. The summed E-state index contributed by atoms with van der Waals surface area (Å²) in [4.78, 5) is 13.9. The molecule has 0 saturated heterocycles. The molecule has 0 atom stereocenters. The molecule has 5 nitrogen and oxygen atoms in total. The summed E-state index contributed by atoms with van der Waals surface area (Å²) >= 11 is 0. The summed E-state index contributed by atoms with van der Waals surface area (Å²) in [5.74, 6) is 1.14. The molecule has 1 amide bonds. The molecule has 5 heteroatoms. The minimum absolute atomic E-state index is 0.0479. The van der Waals surface area contributed by atoms with E-state index in [1.807, 2.05) is 31.2 Å². The summed E-state index contributed by atoms with van der Waals surface area (Å²) in [6, 6.07) is 9.93. The van der Waals surface area contributed by atoms with Crippen molar-refractivity contribution >= 4 is 11.7 Å². The standard InChI is InChI=1S/C16H20N4O/c1-12-10-15-19(8-3-9-20(15)18-12)11-13-4-6-14(7-5-13)16(21)17-2/h4-7,10H,3,8-9,11H2,1-2H3,(H,17,21). The number of carbonyl (C=O) groups excluding carboxylic acids is 1. The van der Waals surface area contributed by atoms with Crippen molar-refractivity contribution in [2.45, 2.75) is 26.4 Å². The van der Waals surface area contributed by atoms with Gasteiger partial charge in [-0.1, -0.05) is 12.1 Å². The molecule has 1 N–H and O–H groups in total. The quantitative estimate of drug-likeness (QED) is 0.937. The fourth-order valence-corrected chi connectivity index (χ4v) is 2.76. The zero-order valence-electron chi connectivity index (χ0n) is 12.5. The Balaban J connectivity index is 1.77. The van der Waals surface area contributed by atoms with Crippen LogP contribution in [0, 0.1) is 6.92 Å². The fraction of sp³-hybridized carbons (Fsp3) is 0.375. The van der Waals surface area contributed by atoms with Crippen molar-refractivity contribution in [1.82, 2.24) is 15.1 Å². The molecular weight excluding hydrogens is 264 g/mol. The lowest BCUT2D eigenvalue weighted by Gasteiger charge is -2.29. The molecule has 0 spiro atoms. The van der Waals surface area contributed by atoms with E-state index in [2.05, 4.69) is 26.1 Å². The molecule has 2 heterocycles. The van der Waals surface area contributed by atoms with Gasteiger partial charge in [-0.05, 0) is 31.0 Å². The number of rotatable bonds is 3. The number of nitrogens with zero attached hydrogens (tertiary/aromatic N) is 3. The summed E-state index contributed by atoms with van der Waals surface area (Å²) < 4.78 is 2.08. The van der Waals surface area contributed by atoms with Crippen LogP contribution in [0.4, 0.5) is 5.82 Å². The van der Waals surface area contributed by atoms with Crippen molar-refractivity contribution in [2.24, 2.45) is 0 Å². The van der Waals surface area contributed by atoms with Gasteiger partial charge in [0.15, 0.2) is 0 Å². The molecular formula is C16H20N4O. The summed E-state index contributed by atoms with van der Waals surface area (Å²) in [5, 5.41) is 7.15. The molecule has 3 rings (SSSR count). The first-order chi connectivity index (χ1) is 10.2. The van der Waals surface area contributed by atoms with Crippen LogP contribution in [0.25, 0.3) is 0 Å². The first-order valence-corrected chi connectivity index (χ1v) is 7.28. The second-order valence-corrected chi connectivity index (χ2v) is 5.42. The molecule has 0 bridgehead atoms. The van der Waals surface area contributed by atoms with Crippen molar-refractivity contribution in [3.8, 4) is 0 Å². The minimum Gasteiger partial charge on any atom is -0.355 e.